The summed E-state index contributed by atoms with van der Waals surface area (Å²) in [4.78, 5) is 8.95. The number of guanidine groups is 1. The summed E-state index contributed by atoms with van der Waals surface area (Å²) in [5.74, 6) is 1.88. The van der Waals surface area contributed by atoms with Crippen LogP contribution in [0.1, 0.15) is 31.2 Å². The molecule has 1 fully saturated rings. The van der Waals surface area contributed by atoms with Gasteiger partial charge < -0.3 is 29.3 Å². The lowest BCUT2D eigenvalue weighted by Crippen LogP contribution is -2.46. The van der Waals surface area contributed by atoms with E-state index in [0.717, 1.165) is 83.4 Å². The van der Waals surface area contributed by atoms with E-state index in [1.165, 1.54) is 5.56 Å². The van der Waals surface area contributed by atoms with Crippen LogP contribution >= 0.6 is 0 Å². The predicted octanol–water partition coefficient (Wildman–Crippen LogP) is 2.61. The van der Waals surface area contributed by atoms with Gasteiger partial charge in [-0.15, -0.1) is 0 Å². The zero-order valence-electron chi connectivity index (χ0n) is 19.2. The highest BCUT2D eigenvalue weighted by atomic mass is 16.5. The first kappa shape index (κ1) is 24.4. The number of hydrogen-bond acceptors (Lipinski definition) is 5. The Morgan fingerprint density at radius 1 is 1.10 bits per heavy atom. The number of rotatable bonds is 12. The summed E-state index contributed by atoms with van der Waals surface area (Å²) in [5, 5.41) is 3.49. The minimum atomic E-state index is 0.349. The maximum atomic E-state index is 5.95. The molecule has 0 radical (unpaired) electrons. The van der Waals surface area contributed by atoms with Gasteiger partial charge in [0.2, 0.25) is 0 Å². The molecule has 1 saturated heterocycles. The van der Waals surface area contributed by atoms with E-state index in [-0.39, 0.29) is 0 Å². The van der Waals surface area contributed by atoms with Gasteiger partial charge in [-0.25, -0.2) is 0 Å². The van der Waals surface area contributed by atoms with Gasteiger partial charge in [0.25, 0.3) is 0 Å². The standard InChI is InChI=1S/C23H40N4O3/c1-24-23(27-14-11-22(12-15-27)30-18-6-16-28-4)25-19-20-7-9-21(10-8-20)29-17-5-13-26(2)3/h7-10,22H,5-6,11-19H2,1-4H3,(H,24,25). The van der Waals surface area contributed by atoms with Crippen molar-refractivity contribution in [2.45, 2.75) is 38.3 Å². The fourth-order valence-corrected chi connectivity index (χ4v) is 3.48. The van der Waals surface area contributed by atoms with Crippen molar-refractivity contribution in [2.75, 3.05) is 67.7 Å². The van der Waals surface area contributed by atoms with Crippen LogP contribution in [-0.2, 0) is 16.0 Å². The molecule has 0 aliphatic carbocycles. The van der Waals surface area contributed by atoms with E-state index in [0.29, 0.717) is 6.10 Å². The monoisotopic (exact) mass is 420 g/mol. The number of nitrogens with zero attached hydrogens (tertiary/aromatic N) is 3. The Bertz CT molecular complexity index is 599. The van der Waals surface area contributed by atoms with E-state index in [4.69, 9.17) is 14.2 Å². The number of benzene rings is 1. The average molecular weight is 421 g/mol. The molecule has 30 heavy (non-hydrogen) atoms. The zero-order chi connectivity index (χ0) is 21.6. The molecular formula is C23H40N4O3. The Morgan fingerprint density at radius 3 is 2.47 bits per heavy atom. The molecule has 0 unspecified atom stereocenters. The lowest BCUT2D eigenvalue weighted by atomic mass is 10.1. The minimum absolute atomic E-state index is 0.349. The van der Waals surface area contributed by atoms with E-state index in [1.54, 1.807) is 7.11 Å². The highest BCUT2D eigenvalue weighted by Gasteiger charge is 2.21. The van der Waals surface area contributed by atoms with Crippen molar-refractivity contribution in [3.8, 4) is 5.75 Å². The number of nitrogens with one attached hydrogen (secondary N) is 1. The third kappa shape index (κ3) is 9.32. The normalized spacial score (nSPS) is 15.6. The average Bonchev–Trinajstić information content (AvgIpc) is 2.76. The van der Waals surface area contributed by atoms with E-state index >= 15 is 0 Å². The first-order valence-corrected chi connectivity index (χ1v) is 11.0. The molecule has 0 atom stereocenters. The second-order valence-electron chi connectivity index (χ2n) is 7.95. The van der Waals surface area contributed by atoms with Crippen LogP contribution in [0.25, 0.3) is 0 Å². The SMILES string of the molecule is CN=C(NCc1ccc(OCCCN(C)C)cc1)N1CCC(OCCCOC)CC1. The molecule has 0 bridgehead atoms. The van der Waals surface area contributed by atoms with E-state index < -0.39 is 0 Å². The van der Waals surface area contributed by atoms with E-state index in [2.05, 4.69) is 46.3 Å². The van der Waals surface area contributed by atoms with Crippen molar-refractivity contribution in [2.24, 2.45) is 4.99 Å². The lowest BCUT2D eigenvalue weighted by molar-refractivity contribution is 0.00989. The van der Waals surface area contributed by atoms with Crippen molar-refractivity contribution in [3.05, 3.63) is 29.8 Å². The molecule has 1 aliphatic rings. The molecule has 1 aliphatic heterocycles. The number of aliphatic imine (C=N–C) groups is 1. The van der Waals surface area contributed by atoms with Crippen LogP contribution in [-0.4, -0.2) is 89.6 Å². The Kier molecular flexibility index (Phi) is 11.6. The van der Waals surface area contributed by atoms with Crippen molar-refractivity contribution in [1.29, 1.82) is 0 Å². The molecule has 1 aromatic rings. The second kappa shape index (κ2) is 14.2. The van der Waals surface area contributed by atoms with Gasteiger partial charge in [-0.2, -0.15) is 0 Å². The summed E-state index contributed by atoms with van der Waals surface area (Å²) in [6.07, 6.45) is 4.41. The number of methoxy groups -OCH3 is 1. The highest BCUT2D eigenvalue weighted by Crippen LogP contribution is 2.15. The van der Waals surface area contributed by atoms with Gasteiger partial charge in [0.05, 0.1) is 12.7 Å². The fourth-order valence-electron chi connectivity index (χ4n) is 3.48. The van der Waals surface area contributed by atoms with Crippen molar-refractivity contribution >= 4 is 5.96 Å². The Balaban J connectivity index is 1.68. The maximum Gasteiger partial charge on any atom is 0.193 e. The third-order valence-electron chi connectivity index (χ3n) is 5.19. The molecule has 0 aromatic heterocycles. The molecule has 7 heteroatoms. The van der Waals surface area contributed by atoms with Gasteiger partial charge >= 0.3 is 0 Å². The van der Waals surface area contributed by atoms with Crippen molar-refractivity contribution in [1.82, 2.24) is 15.1 Å². The Hall–Kier alpha value is -1.83. The Morgan fingerprint density at radius 2 is 1.83 bits per heavy atom. The molecule has 1 heterocycles. The quantitative estimate of drug-likeness (QED) is 0.319. The molecule has 7 nitrogen and oxygen atoms in total. The largest absolute Gasteiger partial charge is 0.494 e. The van der Waals surface area contributed by atoms with Crippen molar-refractivity contribution in [3.63, 3.8) is 0 Å². The Labute approximate surface area is 182 Å². The third-order valence-corrected chi connectivity index (χ3v) is 5.19. The van der Waals surface area contributed by atoms with Gasteiger partial charge in [0.1, 0.15) is 5.75 Å². The highest BCUT2D eigenvalue weighted by molar-refractivity contribution is 5.79. The number of hydrogen-bond donors (Lipinski definition) is 1. The van der Waals surface area contributed by atoms with Crippen LogP contribution in [0.15, 0.2) is 29.3 Å². The summed E-state index contributed by atoms with van der Waals surface area (Å²) >= 11 is 0. The summed E-state index contributed by atoms with van der Waals surface area (Å²) in [5.41, 5.74) is 1.22. The smallest absolute Gasteiger partial charge is 0.193 e. The lowest BCUT2D eigenvalue weighted by Gasteiger charge is -2.34. The van der Waals surface area contributed by atoms with Crippen LogP contribution in [0.5, 0.6) is 5.75 Å². The number of likely N-dealkylation sites (tertiary alicyclic amines) is 1. The molecule has 170 valence electrons. The molecule has 1 aromatic carbocycles. The second-order valence-corrected chi connectivity index (χ2v) is 7.95. The summed E-state index contributed by atoms with van der Waals surface area (Å²) in [6, 6.07) is 8.31. The van der Waals surface area contributed by atoms with Crippen LogP contribution < -0.4 is 10.1 Å². The minimum Gasteiger partial charge on any atom is -0.494 e. The molecule has 0 spiro atoms. The first-order chi connectivity index (χ1) is 14.6. The molecular weight excluding hydrogens is 380 g/mol. The van der Waals surface area contributed by atoms with E-state index in [9.17, 15) is 0 Å². The summed E-state index contributed by atoms with van der Waals surface area (Å²) in [6.45, 7) is 6.01. The molecule has 2 rings (SSSR count). The van der Waals surface area contributed by atoms with Crippen LogP contribution in [0.4, 0.5) is 0 Å². The van der Waals surface area contributed by atoms with Crippen LogP contribution in [0.3, 0.4) is 0 Å². The van der Waals surface area contributed by atoms with Gasteiger partial charge in [0.15, 0.2) is 5.96 Å². The topological polar surface area (TPSA) is 58.6 Å². The molecule has 1 N–H and O–H groups in total. The summed E-state index contributed by atoms with van der Waals surface area (Å²) in [7, 11) is 7.74. The predicted molar refractivity (Wildman–Crippen MR) is 122 cm³/mol. The van der Waals surface area contributed by atoms with Gasteiger partial charge in [0, 0.05) is 53.6 Å². The van der Waals surface area contributed by atoms with Gasteiger partial charge in [-0.1, -0.05) is 12.1 Å². The molecule has 0 amide bonds. The zero-order valence-corrected chi connectivity index (χ0v) is 19.2. The van der Waals surface area contributed by atoms with Gasteiger partial charge in [-0.3, -0.25) is 4.99 Å². The molecule has 0 saturated carbocycles. The first-order valence-electron chi connectivity index (χ1n) is 11.0. The summed E-state index contributed by atoms with van der Waals surface area (Å²) < 4.78 is 16.8. The maximum absolute atomic E-state index is 5.95. The van der Waals surface area contributed by atoms with Crippen LogP contribution in [0, 0.1) is 0 Å². The van der Waals surface area contributed by atoms with E-state index in [1.807, 2.05) is 19.2 Å². The number of piperidine rings is 1. The van der Waals surface area contributed by atoms with Crippen molar-refractivity contribution < 1.29 is 14.2 Å². The fraction of sp³-hybridized carbons (Fsp3) is 0.696. The number of ether oxygens (including phenoxy) is 3. The van der Waals surface area contributed by atoms with Gasteiger partial charge in [-0.05, 0) is 57.5 Å². The van der Waals surface area contributed by atoms with Crippen LogP contribution in [0.2, 0.25) is 0 Å².